The molecule has 0 aromatic heterocycles. The lowest BCUT2D eigenvalue weighted by Crippen LogP contribution is -2.44. The first-order chi connectivity index (χ1) is 13.5. The average Bonchev–Trinajstić information content (AvgIpc) is 3.35. The van der Waals surface area contributed by atoms with Crippen LogP contribution in [0.5, 0.6) is 0 Å². The molecule has 28 heavy (non-hydrogen) atoms. The minimum Gasteiger partial charge on any atom is -0.389 e. The molecule has 156 valence electrons. The van der Waals surface area contributed by atoms with Gasteiger partial charge in [-0.05, 0) is 58.2 Å². The Labute approximate surface area is 167 Å². The van der Waals surface area contributed by atoms with Gasteiger partial charge in [-0.25, -0.2) is 0 Å². The van der Waals surface area contributed by atoms with Crippen molar-refractivity contribution in [2.75, 3.05) is 26.2 Å². The molecule has 0 unspecified atom stereocenters. The molecule has 0 aliphatic carbocycles. The molecule has 0 radical (unpaired) electrons. The van der Waals surface area contributed by atoms with Gasteiger partial charge in [-0.1, -0.05) is 30.3 Å². The molecule has 1 aromatic rings. The van der Waals surface area contributed by atoms with Gasteiger partial charge in [-0.2, -0.15) is 0 Å². The molecule has 3 fully saturated rings. The predicted octanol–water partition coefficient (Wildman–Crippen LogP) is 2.34. The van der Waals surface area contributed by atoms with E-state index >= 15 is 0 Å². The summed E-state index contributed by atoms with van der Waals surface area (Å²) in [6.07, 6.45) is 2.14. The number of nitrogens with zero attached hydrogens (tertiary/aromatic N) is 1. The van der Waals surface area contributed by atoms with E-state index in [9.17, 15) is 5.11 Å². The zero-order chi connectivity index (χ0) is 19.6. The lowest BCUT2D eigenvalue weighted by atomic mass is 10.1. The van der Waals surface area contributed by atoms with Crippen LogP contribution in [-0.4, -0.2) is 72.7 Å². The molecule has 0 amide bonds. The zero-order valence-corrected chi connectivity index (χ0v) is 17.0. The molecule has 3 heterocycles. The first kappa shape index (κ1) is 20.3. The first-order valence-corrected chi connectivity index (χ1v) is 10.6. The highest BCUT2D eigenvalue weighted by atomic mass is 16.8. The van der Waals surface area contributed by atoms with Crippen LogP contribution < -0.4 is 0 Å². The number of aliphatic hydroxyl groups is 1. The lowest BCUT2D eigenvalue weighted by molar-refractivity contribution is -0.243. The van der Waals surface area contributed by atoms with Gasteiger partial charge in [0.25, 0.3) is 0 Å². The summed E-state index contributed by atoms with van der Waals surface area (Å²) in [6.45, 7) is 7.09. The van der Waals surface area contributed by atoms with Crippen LogP contribution in [0.15, 0.2) is 30.3 Å². The highest BCUT2D eigenvalue weighted by molar-refractivity contribution is 5.14. The van der Waals surface area contributed by atoms with Gasteiger partial charge < -0.3 is 29.0 Å². The number of aliphatic hydroxyl groups excluding tert-OH is 1. The van der Waals surface area contributed by atoms with Crippen molar-refractivity contribution in [1.29, 1.82) is 0 Å². The highest BCUT2D eigenvalue weighted by Crippen LogP contribution is 2.40. The zero-order valence-electron chi connectivity index (χ0n) is 17.0. The third-order valence-corrected chi connectivity index (χ3v) is 5.80. The molecule has 0 spiro atoms. The van der Waals surface area contributed by atoms with E-state index in [-0.39, 0.29) is 12.2 Å². The van der Waals surface area contributed by atoms with E-state index in [0.29, 0.717) is 13.2 Å². The fourth-order valence-corrected chi connectivity index (χ4v) is 4.49. The molecule has 1 N–H and O–H groups in total. The summed E-state index contributed by atoms with van der Waals surface area (Å²) in [7, 11) is 0. The van der Waals surface area contributed by atoms with Crippen molar-refractivity contribution in [3.05, 3.63) is 35.9 Å². The van der Waals surface area contributed by atoms with E-state index in [1.54, 1.807) is 0 Å². The normalized spacial score (nSPS) is 33.2. The van der Waals surface area contributed by atoms with Crippen molar-refractivity contribution in [2.24, 2.45) is 0 Å². The molecule has 6 heteroatoms. The molecule has 3 saturated heterocycles. The van der Waals surface area contributed by atoms with Crippen LogP contribution in [0.1, 0.15) is 38.7 Å². The van der Waals surface area contributed by atoms with Crippen molar-refractivity contribution >= 4 is 0 Å². The Kier molecular flexibility index (Phi) is 6.35. The fourth-order valence-electron chi connectivity index (χ4n) is 4.49. The molecule has 6 nitrogen and oxygen atoms in total. The van der Waals surface area contributed by atoms with Gasteiger partial charge in [0.2, 0.25) is 0 Å². The highest BCUT2D eigenvalue weighted by Gasteiger charge is 2.57. The van der Waals surface area contributed by atoms with Crippen LogP contribution >= 0.6 is 0 Å². The number of hydrogen-bond acceptors (Lipinski definition) is 6. The van der Waals surface area contributed by atoms with E-state index in [0.717, 1.165) is 25.9 Å². The summed E-state index contributed by atoms with van der Waals surface area (Å²) in [6, 6.07) is 10.4. The van der Waals surface area contributed by atoms with Crippen molar-refractivity contribution in [3.63, 3.8) is 0 Å². The van der Waals surface area contributed by atoms with Gasteiger partial charge in [-0.15, -0.1) is 0 Å². The monoisotopic (exact) mass is 391 g/mol. The van der Waals surface area contributed by atoms with Gasteiger partial charge in [0.05, 0.1) is 12.7 Å². The molecule has 4 rings (SSSR count). The van der Waals surface area contributed by atoms with Crippen molar-refractivity contribution in [1.82, 2.24) is 4.90 Å². The number of ether oxygens (including phenoxy) is 4. The van der Waals surface area contributed by atoms with Gasteiger partial charge in [-0.3, -0.25) is 0 Å². The smallest absolute Gasteiger partial charge is 0.187 e. The number of hydrogen-bond donors (Lipinski definition) is 1. The third-order valence-electron chi connectivity index (χ3n) is 5.80. The fraction of sp³-hybridized carbons (Fsp3) is 0.727. The Morgan fingerprint density at radius 1 is 1.14 bits per heavy atom. The predicted molar refractivity (Wildman–Crippen MR) is 105 cm³/mol. The molecule has 5 atom stereocenters. The van der Waals surface area contributed by atoms with Gasteiger partial charge in [0.15, 0.2) is 12.1 Å². The van der Waals surface area contributed by atoms with Crippen LogP contribution in [0, 0.1) is 0 Å². The maximum absolute atomic E-state index is 10.8. The van der Waals surface area contributed by atoms with Crippen LogP contribution in [-0.2, 0) is 25.4 Å². The molecular formula is C22H33NO5. The Morgan fingerprint density at radius 2 is 1.86 bits per heavy atom. The number of fused-ring (bicyclic) bond motifs is 1. The second kappa shape index (κ2) is 8.78. The first-order valence-electron chi connectivity index (χ1n) is 10.6. The topological polar surface area (TPSA) is 60.4 Å². The molecule has 3 aliphatic rings. The SMILES string of the molecule is CC1(C)O[C@@H]2[C@H](O1)[C@@H](OCCCc1ccccc1)O[C@@H]2[C@H](O)CN1CCCC1. The summed E-state index contributed by atoms with van der Waals surface area (Å²) < 4.78 is 24.3. The number of β-amino-alcohol motifs (C(OH)–C–C–N with tert-alkyl or cyclic N) is 1. The minimum atomic E-state index is -0.684. The second-order valence-electron chi connectivity index (χ2n) is 8.57. The van der Waals surface area contributed by atoms with E-state index in [4.69, 9.17) is 18.9 Å². The maximum Gasteiger partial charge on any atom is 0.187 e. The molecule has 3 aliphatic heterocycles. The van der Waals surface area contributed by atoms with Gasteiger partial charge >= 0.3 is 0 Å². The molecule has 0 saturated carbocycles. The Morgan fingerprint density at radius 3 is 2.61 bits per heavy atom. The number of benzene rings is 1. The van der Waals surface area contributed by atoms with Crippen molar-refractivity contribution in [2.45, 2.75) is 76.0 Å². The van der Waals surface area contributed by atoms with Crippen molar-refractivity contribution < 1.29 is 24.1 Å². The lowest BCUT2D eigenvalue weighted by Gasteiger charge is -2.28. The summed E-state index contributed by atoms with van der Waals surface area (Å²) in [5.41, 5.74) is 1.30. The average molecular weight is 392 g/mol. The molecule has 1 aromatic carbocycles. The van der Waals surface area contributed by atoms with E-state index < -0.39 is 24.3 Å². The van der Waals surface area contributed by atoms with Gasteiger partial charge in [0.1, 0.15) is 18.3 Å². The minimum absolute atomic E-state index is 0.299. The third kappa shape index (κ3) is 4.75. The second-order valence-corrected chi connectivity index (χ2v) is 8.57. The van der Waals surface area contributed by atoms with Crippen LogP contribution in [0.25, 0.3) is 0 Å². The van der Waals surface area contributed by atoms with E-state index in [2.05, 4.69) is 29.2 Å². The largest absolute Gasteiger partial charge is 0.389 e. The Balaban J connectivity index is 1.32. The molecular weight excluding hydrogens is 358 g/mol. The number of likely N-dealkylation sites (tertiary alicyclic amines) is 1. The van der Waals surface area contributed by atoms with E-state index in [1.165, 1.54) is 18.4 Å². The molecule has 0 bridgehead atoms. The van der Waals surface area contributed by atoms with Crippen LogP contribution in [0.4, 0.5) is 0 Å². The van der Waals surface area contributed by atoms with Crippen molar-refractivity contribution in [3.8, 4) is 0 Å². The van der Waals surface area contributed by atoms with Gasteiger partial charge in [0, 0.05) is 6.54 Å². The Hall–Kier alpha value is -1.02. The van der Waals surface area contributed by atoms with E-state index in [1.807, 2.05) is 19.9 Å². The van der Waals surface area contributed by atoms with Crippen LogP contribution in [0.2, 0.25) is 0 Å². The maximum atomic E-state index is 10.8. The summed E-state index contributed by atoms with van der Waals surface area (Å²) in [5, 5.41) is 10.8. The quantitative estimate of drug-likeness (QED) is 0.687. The Bertz CT molecular complexity index is 619. The number of aryl methyl sites for hydroxylation is 1. The summed E-state index contributed by atoms with van der Waals surface area (Å²) in [5.74, 6) is -0.684. The summed E-state index contributed by atoms with van der Waals surface area (Å²) >= 11 is 0. The summed E-state index contributed by atoms with van der Waals surface area (Å²) in [4.78, 5) is 2.29. The standard InChI is InChI=1S/C22H33NO5/c1-22(2)27-19-18(17(24)15-23-12-6-7-13-23)26-21(20(19)28-22)25-14-8-11-16-9-4-3-5-10-16/h3-5,9-10,17-21,24H,6-8,11-15H2,1-2H3/t17-,18-,19+,20+,21+/m1/s1. The van der Waals surface area contributed by atoms with Crippen LogP contribution in [0.3, 0.4) is 0 Å². The number of rotatable bonds is 8.